The first-order valence-electron chi connectivity index (χ1n) is 6.70. The summed E-state index contributed by atoms with van der Waals surface area (Å²) in [4.78, 5) is 16.2. The Morgan fingerprint density at radius 2 is 2.16 bits per heavy atom. The van der Waals surface area contributed by atoms with Crippen LogP contribution in [0.1, 0.15) is 37.7 Å². The van der Waals surface area contributed by atoms with E-state index in [0.29, 0.717) is 12.4 Å². The molecule has 0 aliphatic heterocycles. The molecule has 0 bridgehead atoms. The van der Waals surface area contributed by atoms with Crippen LogP contribution >= 0.6 is 0 Å². The predicted octanol–water partition coefficient (Wildman–Crippen LogP) is 1.37. The van der Waals surface area contributed by atoms with Crippen molar-refractivity contribution in [1.29, 1.82) is 0 Å². The maximum Gasteiger partial charge on any atom is 0.240 e. The van der Waals surface area contributed by atoms with Crippen LogP contribution in [0.15, 0.2) is 18.3 Å². The molecule has 1 fully saturated rings. The normalized spacial score (nSPS) is 17.8. The second-order valence-corrected chi connectivity index (χ2v) is 5.11. The van der Waals surface area contributed by atoms with E-state index >= 15 is 0 Å². The summed E-state index contributed by atoms with van der Waals surface area (Å²) < 4.78 is 4.99. The largest absolute Gasteiger partial charge is 0.481 e. The SMILES string of the molecule is COc1ccc(CNC(=O)C2(N)CCCCC2)cn1. The summed E-state index contributed by atoms with van der Waals surface area (Å²) in [5, 5.41) is 2.90. The molecule has 2 rings (SSSR count). The summed E-state index contributed by atoms with van der Waals surface area (Å²) in [5.74, 6) is 0.515. The van der Waals surface area contributed by atoms with Crippen molar-refractivity contribution in [3.05, 3.63) is 23.9 Å². The minimum Gasteiger partial charge on any atom is -0.481 e. The fraction of sp³-hybridized carbons (Fsp3) is 0.571. The van der Waals surface area contributed by atoms with E-state index in [2.05, 4.69) is 10.3 Å². The average Bonchev–Trinajstić information content (AvgIpc) is 2.46. The third kappa shape index (κ3) is 3.44. The number of nitrogens with zero attached hydrogens (tertiary/aromatic N) is 1. The highest BCUT2D eigenvalue weighted by molar-refractivity contribution is 5.86. The lowest BCUT2D eigenvalue weighted by Gasteiger charge is -2.31. The summed E-state index contributed by atoms with van der Waals surface area (Å²) >= 11 is 0. The lowest BCUT2D eigenvalue weighted by Crippen LogP contribution is -2.54. The molecule has 1 aromatic heterocycles. The van der Waals surface area contributed by atoms with Crippen LogP contribution in [0.5, 0.6) is 5.88 Å². The molecule has 5 heteroatoms. The van der Waals surface area contributed by atoms with Gasteiger partial charge in [-0.15, -0.1) is 0 Å². The number of hydrogen-bond acceptors (Lipinski definition) is 4. The first-order chi connectivity index (χ1) is 9.14. The van der Waals surface area contributed by atoms with Crippen molar-refractivity contribution in [3.8, 4) is 5.88 Å². The smallest absolute Gasteiger partial charge is 0.240 e. The molecule has 5 nitrogen and oxygen atoms in total. The van der Waals surface area contributed by atoms with Crippen LogP contribution in [0, 0.1) is 0 Å². The van der Waals surface area contributed by atoms with Crippen LogP contribution in [0.4, 0.5) is 0 Å². The lowest BCUT2D eigenvalue weighted by atomic mass is 9.82. The molecule has 1 aromatic rings. The second kappa shape index (κ2) is 6.02. The molecule has 0 aromatic carbocycles. The first-order valence-corrected chi connectivity index (χ1v) is 6.70. The van der Waals surface area contributed by atoms with Crippen molar-refractivity contribution in [2.45, 2.75) is 44.2 Å². The second-order valence-electron chi connectivity index (χ2n) is 5.11. The van der Waals surface area contributed by atoms with Gasteiger partial charge in [-0.1, -0.05) is 25.3 Å². The van der Waals surface area contributed by atoms with Gasteiger partial charge >= 0.3 is 0 Å². The van der Waals surface area contributed by atoms with Gasteiger partial charge in [0.1, 0.15) is 0 Å². The Bertz CT molecular complexity index is 425. The van der Waals surface area contributed by atoms with E-state index < -0.39 is 5.54 Å². The van der Waals surface area contributed by atoms with Gasteiger partial charge in [0, 0.05) is 18.8 Å². The summed E-state index contributed by atoms with van der Waals surface area (Å²) in [5.41, 5.74) is 6.42. The van der Waals surface area contributed by atoms with Gasteiger partial charge in [-0.3, -0.25) is 4.79 Å². The average molecular weight is 263 g/mol. The van der Waals surface area contributed by atoms with E-state index in [1.807, 2.05) is 6.07 Å². The number of ether oxygens (including phenoxy) is 1. The number of hydrogen-bond donors (Lipinski definition) is 2. The molecule has 1 heterocycles. The topological polar surface area (TPSA) is 77.2 Å². The van der Waals surface area contributed by atoms with Gasteiger partial charge in [-0.25, -0.2) is 4.98 Å². The minimum atomic E-state index is -0.682. The van der Waals surface area contributed by atoms with Crippen molar-refractivity contribution < 1.29 is 9.53 Å². The molecular formula is C14H21N3O2. The molecule has 0 spiro atoms. The molecular weight excluding hydrogens is 242 g/mol. The molecule has 0 radical (unpaired) electrons. The summed E-state index contributed by atoms with van der Waals surface area (Å²) in [6.07, 6.45) is 6.50. The van der Waals surface area contributed by atoms with Gasteiger partial charge in [-0.2, -0.15) is 0 Å². The highest BCUT2D eigenvalue weighted by Gasteiger charge is 2.34. The van der Waals surface area contributed by atoms with Crippen LogP contribution in [-0.2, 0) is 11.3 Å². The van der Waals surface area contributed by atoms with Crippen LogP contribution in [0.3, 0.4) is 0 Å². The van der Waals surface area contributed by atoms with Gasteiger partial charge in [-0.05, 0) is 18.4 Å². The first kappa shape index (κ1) is 13.8. The molecule has 0 unspecified atom stereocenters. The van der Waals surface area contributed by atoms with E-state index in [-0.39, 0.29) is 5.91 Å². The van der Waals surface area contributed by atoms with E-state index in [1.165, 1.54) is 6.42 Å². The quantitative estimate of drug-likeness (QED) is 0.860. The Morgan fingerprint density at radius 3 is 2.74 bits per heavy atom. The summed E-state index contributed by atoms with van der Waals surface area (Å²) in [6.45, 7) is 0.453. The van der Waals surface area contributed by atoms with E-state index in [4.69, 9.17) is 10.5 Å². The Hall–Kier alpha value is -1.62. The van der Waals surface area contributed by atoms with Crippen molar-refractivity contribution in [1.82, 2.24) is 10.3 Å². The zero-order valence-electron chi connectivity index (χ0n) is 11.3. The monoisotopic (exact) mass is 263 g/mol. The zero-order chi connectivity index (χ0) is 13.7. The molecule has 104 valence electrons. The number of amides is 1. The molecule has 1 amide bonds. The third-order valence-corrected chi connectivity index (χ3v) is 3.66. The molecule has 19 heavy (non-hydrogen) atoms. The molecule has 0 atom stereocenters. The summed E-state index contributed by atoms with van der Waals surface area (Å²) in [7, 11) is 1.57. The summed E-state index contributed by atoms with van der Waals surface area (Å²) in [6, 6.07) is 3.66. The third-order valence-electron chi connectivity index (χ3n) is 3.66. The molecule has 3 N–H and O–H groups in total. The van der Waals surface area contributed by atoms with Crippen LogP contribution in [-0.4, -0.2) is 23.5 Å². The number of pyridine rings is 1. The minimum absolute atomic E-state index is 0.0528. The van der Waals surface area contributed by atoms with Crippen LogP contribution in [0.25, 0.3) is 0 Å². The maximum atomic E-state index is 12.1. The Kier molecular flexibility index (Phi) is 4.37. The lowest BCUT2D eigenvalue weighted by molar-refractivity contribution is -0.127. The highest BCUT2D eigenvalue weighted by atomic mass is 16.5. The van der Waals surface area contributed by atoms with E-state index in [0.717, 1.165) is 31.2 Å². The van der Waals surface area contributed by atoms with Crippen molar-refractivity contribution in [2.24, 2.45) is 5.73 Å². The maximum absolute atomic E-state index is 12.1. The van der Waals surface area contributed by atoms with Crippen molar-refractivity contribution >= 4 is 5.91 Å². The number of carbonyl (C=O) groups excluding carboxylic acids is 1. The van der Waals surface area contributed by atoms with Gasteiger partial charge in [0.15, 0.2) is 0 Å². The van der Waals surface area contributed by atoms with Gasteiger partial charge in [0.25, 0.3) is 0 Å². The van der Waals surface area contributed by atoms with Crippen molar-refractivity contribution in [3.63, 3.8) is 0 Å². The molecule has 1 saturated carbocycles. The van der Waals surface area contributed by atoms with Gasteiger partial charge in [0.05, 0.1) is 12.6 Å². The van der Waals surface area contributed by atoms with Gasteiger partial charge < -0.3 is 15.8 Å². The predicted molar refractivity (Wildman–Crippen MR) is 72.6 cm³/mol. The highest BCUT2D eigenvalue weighted by Crippen LogP contribution is 2.26. The number of aromatic nitrogens is 1. The van der Waals surface area contributed by atoms with Crippen LogP contribution in [0.2, 0.25) is 0 Å². The number of rotatable bonds is 4. The number of carbonyl (C=O) groups is 1. The molecule has 1 aliphatic carbocycles. The number of nitrogens with two attached hydrogens (primary N) is 1. The van der Waals surface area contributed by atoms with E-state index in [1.54, 1.807) is 19.4 Å². The Labute approximate surface area is 113 Å². The zero-order valence-corrected chi connectivity index (χ0v) is 11.3. The van der Waals surface area contributed by atoms with Crippen LogP contribution < -0.4 is 15.8 Å². The standard InChI is InChI=1S/C14H21N3O2/c1-19-12-6-5-11(9-16-12)10-17-13(18)14(15)7-3-2-4-8-14/h5-6,9H,2-4,7-8,10,15H2,1H3,(H,17,18). The van der Waals surface area contributed by atoms with E-state index in [9.17, 15) is 4.79 Å². The number of nitrogens with one attached hydrogen (secondary N) is 1. The fourth-order valence-electron chi connectivity index (χ4n) is 2.40. The molecule has 1 aliphatic rings. The Morgan fingerprint density at radius 1 is 1.42 bits per heavy atom. The number of methoxy groups -OCH3 is 1. The van der Waals surface area contributed by atoms with Crippen molar-refractivity contribution in [2.75, 3.05) is 7.11 Å². The molecule has 0 saturated heterocycles. The Balaban J connectivity index is 1.88. The van der Waals surface area contributed by atoms with Gasteiger partial charge in [0.2, 0.25) is 11.8 Å². The fourth-order valence-corrected chi connectivity index (χ4v) is 2.40.